The van der Waals surface area contributed by atoms with Crippen molar-refractivity contribution in [3.8, 4) is 0 Å². The fourth-order valence-corrected chi connectivity index (χ4v) is 2.11. The summed E-state index contributed by atoms with van der Waals surface area (Å²) in [7, 11) is 0. The standard InChI is InChI=1S/C10H7N3O4S/c14-9(15)6-1-2-8(7(5-6)13(16)17)18-10-11-3-4-12-10/h1-5H,(H,11,12)(H,14,15). The minimum atomic E-state index is -1.20. The summed E-state index contributed by atoms with van der Waals surface area (Å²) >= 11 is 1.07. The van der Waals surface area contributed by atoms with Gasteiger partial charge in [-0.2, -0.15) is 0 Å². The Morgan fingerprint density at radius 3 is 2.83 bits per heavy atom. The average Bonchev–Trinajstić information content (AvgIpc) is 2.81. The van der Waals surface area contributed by atoms with Crippen molar-refractivity contribution in [1.82, 2.24) is 9.97 Å². The van der Waals surface area contributed by atoms with E-state index in [2.05, 4.69) is 9.97 Å². The number of nitrogens with one attached hydrogen (secondary N) is 1. The van der Waals surface area contributed by atoms with Crippen molar-refractivity contribution in [2.75, 3.05) is 0 Å². The highest BCUT2D eigenvalue weighted by atomic mass is 32.2. The Morgan fingerprint density at radius 2 is 2.28 bits per heavy atom. The molecule has 2 aromatic rings. The van der Waals surface area contributed by atoms with E-state index in [4.69, 9.17) is 5.11 Å². The molecule has 0 aliphatic rings. The number of carboxylic acid groups (broad SMARTS) is 1. The van der Waals surface area contributed by atoms with E-state index >= 15 is 0 Å². The zero-order chi connectivity index (χ0) is 13.1. The van der Waals surface area contributed by atoms with Crippen LogP contribution in [0.3, 0.4) is 0 Å². The number of nitro benzene ring substituents is 1. The molecule has 2 rings (SSSR count). The number of nitro groups is 1. The van der Waals surface area contributed by atoms with Gasteiger partial charge >= 0.3 is 5.97 Å². The Kier molecular flexibility index (Phi) is 3.28. The lowest BCUT2D eigenvalue weighted by Gasteiger charge is -2.01. The molecule has 0 spiro atoms. The Labute approximate surface area is 105 Å². The van der Waals surface area contributed by atoms with Crippen LogP contribution in [-0.2, 0) is 0 Å². The summed E-state index contributed by atoms with van der Waals surface area (Å²) in [5, 5.41) is 20.2. The molecule has 0 unspecified atom stereocenters. The van der Waals surface area contributed by atoms with Crippen LogP contribution in [0.25, 0.3) is 0 Å². The lowest BCUT2D eigenvalue weighted by Crippen LogP contribution is -1.99. The van der Waals surface area contributed by atoms with Gasteiger partial charge < -0.3 is 10.1 Å². The molecule has 0 bridgehead atoms. The number of aromatic amines is 1. The van der Waals surface area contributed by atoms with E-state index in [0.29, 0.717) is 10.1 Å². The van der Waals surface area contributed by atoms with E-state index in [9.17, 15) is 14.9 Å². The number of aromatic carboxylic acids is 1. The van der Waals surface area contributed by atoms with Gasteiger partial charge in [0.2, 0.25) is 0 Å². The first-order chi connectivity index (χ1) is 8.58. The van der Waals surface area contributed by atoms with Crippen LogP contribution in [0.5, 0.6) is 0 Å². The molecule has 0 radical (unpaired) electrons. The lowest BCUT2D eigenvalue weighted by atomic mass is 10.2. The molecule has 0 saturated heterocycles. The van der Waals surface area contributed by atoms with E-state index in [1.54, 1.807) is 6.20 Å². The SMILES string of the molecule is O=C(O)c1ccc(Sc2ncc[nH]2)c([N+](=O)[O-])c1. The van der Waals surface area contributed by atoms with E-state index in [1.165, 1.54) is 18.3 Å². The molecule has 0 atom stereocenters. The van der Waals surface area contributed by atoms with Crippen molar-refractivity contribution in [2.24, 2.45) is 0 Å². The third-order valence-electron chi connectivity index (χ3n) is 2.08. The normalized spacial score (nSPS) is 10.2. The Bertz CT molecular complexity index is 597. The van der Waals surface area contributed by atoms with Crippen LogP contribution in [0, 0.1) is 10.1 Å². The second-order valence-electron chi connectivity index (χ2n) is 3.24. The Hall–Kier alpha value is -2.35. The molecule has 8 heteroatoms. The number of H-pyrrole nitrogens is 1. The Balaban J connectivity index is 2.40. The first-order valence-electron chi connectivity index (χ1n) is 4.77. The third-order valence-corrected chi connectivity index (χ3v) is 3.06. The molecule has 0 saturated carbocycles. The smallest absolute Gasteiger partial charge is 0.335 e. The van der Waals surface area contributed by atoms with Crippen LogP contribution in [0.2, 0.25) is 0 Å². The second kappa shape index (κ2) is 4.88. The van der Waals surface area contributed by atoms with Crippen molar-refractivity contribution in [1.29, 1.82) is 0 Å². The van der Waals surface area contributed by atoms with E-state index in [1.807, 2.05) is 0 Å². The minimum Gasteiger partial charge on any atom is -0.478 e. The van der Waals surface area contributed by atoms with Crippen molar-refractivity contribution in [2.45, 2.75) is 10.1 Å². The molecule has 0 aliphatic carbocycles. The molecule has 7 nitrogen and oxygen atoms in total. The van der Waals surface area contributed by atoms with Gasteiger partial charge in [-0.1, -0.05) is 0 Å². The summed E-state index contributed by atoms with van der Waals surface area (Å²) in [6.45, 7) is 0. The van der Waals surface area contributed by atoms with Crippen LogP contribution in [0.15, 0.2) is 40.6 Å². The number of imidazole rings is 1. The minimum absolute atomic E-state index is 0.120. The maximum Gasteiger partial charge on any atom is 0.335 e. The van der Waals surface area contributed by atoms with Gasteiger partial charge in [-0.15, -0.1) is 0 Å². The van der Waals surface area contributed by atoms with Gasteiger partial charge in [-0.3, -0.25) is 10.1 Å². The molecular weight excluding hydrogens is 258 g/mol. The van der Waals surface area contributed by atoms with Crippen LogP contribution in [-0.4, -0.2) is 26.0 Å². The van der Waals surface area contributed by atoms with Gasteiger partial charge in [0.15, 0.2) is 5.16 Å². The maximum atomic E-state index is 10.9. The second-order valence-corrected chi connectivity index (χ2v) is 4.27. The summed E-state index contributed by atoms with van der Waals surface area (Å²) in [5.41, 5.74) is -0.373. The van der Waals surface area contributed by atoms with Crippen molar-refractivity contribution >= 4 is 23.4 Å². The van der Waals surface area contributed by atoms with Crippen LogP contribution in [0.1, 0.15) is 10.4 Å². The average molecular weight is 265 g/mol. The molecule has 92 valence electrons. The molecule has 2 N–H and O–H groups in total. The van der Waals surface area contributed by atoms with Crippen molar-refractivity contribution < 1.29 is 14.8 Å². The predicted molar refractivity (Wildman–Crippen MR) is 62.8 cm³/mol. The molecule has 0 aliphatic heterocycles. The molecule has 0 fully saturated rings. The summed E-state index contributed by atoms with van der Waals surface area (Å²) in [6.07, 6.45) is 3.12. The summed E-state index contributed by atoms with van der Waals surface area (Å²) in [5.74, 6) is -1.20. The van der Waals surface area contributed by atoms with Gasteiger partial charge in [0.1, 0.15) is 0 Å². The molecule has 0 amide bonds. The summed E-state index contributed by atoms with van der Waals surface area (Å²) in [4.78, 5) is 28.1. The number of carbonyl (C=O) groups is 1. The van der Waals surface area contributed by atoms with Gasteiger partial charge in [0, 0.05) is 18.5 Å². The molecule has 1 aromatic heterocycles. The van der Waals surface area contributed by atoms with Gasteiger partial charge in [-0.05, 0) is 23.9 Å². The molecular formula is C10H7N3O4S. The zero-order valence-electron chi connectivity index (χ0n) is 8.86. The quantitative estimate of drug-likeness (QED) is 0.647. The first kappa shape index (κ1) is 12.1. The number of nitrogens with zero attached hydrogens (tertiary/aromatic N) is 2. The number of hydrogen-bond acceptors (Lipinski definition) is 5. The highest BCUT2D eigenvalue weighted by Gasteiger charge is 2.18. The number of carboxylic acids is 1. The molecule has 18 heavy (non-hydrogen) atoms. The van der Waals surface area contributed by atoms with Crippen LogP contribution < -0.4 is 0 Å². The van der Waals surface area contributed by atoms with Crippen molar-refractivity contribution in [3.05, 3.63) is 46.3 Å². The topological polar surface area (TPSA) is 109 Å². The van der Waals surface area contributed by atoms with E-state index < -0.39 is 10.9 Å². The van der Waals surface area contributed by atoms with Crippen LogP contribution >= 0.6 is 11.8 Å². The summed E-state index contributed by atoms with van der Waals surface area (Å²) < 4.78 is 0. The fraction of sp³-hybridized carbons (Fsp3) is 0. The zero-order valence-corrected chi connectivity index (χ0v) is 9.68. The van der Waals surface area contributed by atoms with E-state index in [0.717, 1.165) is 17.8 Å². The number of rotatable bonds is 4. The largest absolute Gasteiger partial charge is 0.478 e. The monoisotopic (exact) mass is 265 g/mol. The van der Waals surface area contributed by atoms with Crippen LogP contribution in [0.4, 0.5) is 5.69 Å². The number of benzene rings is 1. The Morgan fingerprint density at radius 1 is 1.50 bits per heavy atom. The first-order valence-corrected chi connectivity index (χ1v) is 5.58. The predicted octanol–water partition coefficient (Wildman–Crippen LogP) is 2.17. The fourth-order valence-electron chi connectivity index (χ4n) is 1.29. The number of hydrogen-bond donors (Lipinski definition) is 2. The highest BCUT2D eigenvalue weighted by Crippen LogP contribution is 2.33. The lowest BCUT2D eigenvalue weighted by molar-refractivity contribution is -0.387. The summed E-state index contributed by atoms with van der Waals surface area (Å²) in [6, 6.07) is 3.75. The maximum absolute atomic E-state index is 10.9. The number of aromatic nitrogens is 2. The van der Waals surface area contributed by atoms with Gasteiger partial charge in [0.05, 0.1) is 15.4 Å². The molecule has 1 heterocycles. The highest BCUT2D eigenvalue weighted by molar-refractivity contribution is 7.99. The van der Waals surface area contributed by atoms with Crippen molar-refractivity contribution in [3.63, 3.8) is 0 Å². The van der Waals surface area contributed by atoms with E-state index in [-0.39, 0.29) is 11.3 Å². The van der Waals surface area contributed by atoms with Gasteiger partial charge in [-0.25, -0.2) is 9.78 Å². The third kappa shape index (κ3) is 2.48. The van der Waals surface area contributed by atoms with Gasteiger partial charge in [0.25, 0.3) is 5.69 Å². The molecule has 1 aromatic carbocycles.